The van der Waals surface area contributed by atoms with Crippen LogP contribution in [-0.4, -0.2) is 75.9 Å². The van der Waals surface area contributed by atoms with Crippen molar-refractivity contribution in [2.24, 2.45) is 0 Å². The van der Waals surface area contributed by atoms with E-state index in [0.29, 0.717) is 32.3 Å². The number of hydrogen-bond acceptors (Lipinski definition) is 8. The third kappa shape index (κ3) is 34.4. The Morgan fingerprint density at radius 3 is 1.32 bits per heavy atom. The first-order valence-electron chi connectivity index (χ1n) is 14.4. The Kier molecular flexibility index (Phi) is 59.3. The van der Waals surface area contributed by atoms with Crippen molar-refractivity contribution in [3.8, 4) is 5.88 Å². The maximum atomic E-state index is 12.2. The molecule has 40 heteroatoms. The molecule has 0 amide bonds. The van der Waals surface area contributed by atoms with E-state index in [1.54, 1.807) is 0 Å². The Morgan fingerprint density at radius 2 is 0.984 bits per heavy atom. The summed E-state index contributed by atoms with van der Waals surface area (Å²) < 4.78 is 27.9. The van der Waals surface area contributed by atoms with Crippen molar-refractivity contribution in [3.05, 3.63) is 53.7 Å². The number of aromatic nitrogens is 2. The minimum Gasteiger partial charge on any atom is -0.478 e. The second kappa shape index (κ2) is 47.1. The van der Waals surface area contributed by atoms with Gasteiger partial charge in [-0.1, -0.05) is 0 Å². The number of rotatable bonds is 17. The van der Waals surface area contributed by atoms with Crippen molar-refractivity contribution < 1.29 is 56.8 Å². The molecule has 10 nitrogen and oxygen atoms in total. The van der Waals surface area contributed by atoms with E-state index in [9.17, 15) is 14.0 Å². The van der Waals surface area contributed by atoms with Crippen LogP contribution >= 0.6 is 382 Å². The minimum atomic E-state index is -1.15. The molecule has 2 aliphatic heterocycles. The van der Waals surface area contributed by atoms with Crippen LogP contribution in [0.4, 0.5) is 4.39 Å². The molecule has 384 valence electrons. The Hall–Kier alpha value is 18.0. The fourth-order valence-corrected chi connectivity index (χ4v) is 4820. The van der Waals surface area contributed by atoms with Crippen molar-refractivity contribution >= 4 is 394 Å². The molecular weight excluding hydrogens is 4120 g/mol. The van der Waals surface area contributed by atoms with E-state index in [0.717, 1.165) is 51.2 Å². The molecule has 0 bridgehead atoms. The van der Waals surface area contributed by atoms with Crippen LogP contribution in [0.2, 0.25) is 0 Å². The zero-order valence-corrected chi connectivity index (χ0v) is 91.5. The van der Waals surface area contributed by atoms with Crippen molar-refractivity contribution in [2.45, 2.75) is 37.9 Å². The summed E-state index contributed by atoms with van der Waals surface area (Å²) in [6.07, 6.45) is 5.81. The number of aromatic carboxylic acids is 2. The number of nitrogens with zero attached hydrogens (tertiary/aromatic N) is 2. The van der Waals surface area contributed by atoms with Gasteiger partial charge in [-0.25, -0.2) is 19.6 Å². The Morgan fingerprint density at radius 1 is 0.613 bits per heavy atom. The average molecular weight is 4150 g/mol. The molecule has 0 radical (unpaired) electrons. The van der Waals surface area contributed by atoms with Gasteiger partial charge in [0.2, 0.25) is 11.8 Å². The largest absolute Gasteiger partial charge is 0.478 e. The second-order valence-electron chi connectivity index (χ2n) is 9.29. The van der Waals surface area contributed by atoms with Crippen LogP contribution in [0, 0.1) is 5.95 Å². The number of hydrogen-bond donors (Lipinski definition) is 3. The molecule has 4 rings (SSSR count). The van der Waals surface area contributed by atoms with E-state index >= 15 is 0 Å². The summed E-state index contributed by atoms with van der Waals surface area (Å²) in [5, 5.41) is 26.0. The van der Waals surface area contributed by atoms with Gasteiger partial charge in [-0.15, -0.1) is 0 Å². The molecule has 3 N–H and O–H groups in total. The van der Waals surface area contributed by atoms with Gasteiger partial charge in [0.1, 0.15) is 6.10 Å². The number of carboxylic acid groups (broad SMARTS) is 2. The van der Waals surface area contributed by atoms with Gasteiger partial charge in [0.25, 0.3) is 0 Å². The van der Waals surface area contributed by atoms with E-state index in [1.807, 2.05) is 0 Å². The maximum Gasteiger partial charge on any atom is 0.335 e. The predicted molar refractivity (Wildman–Crippen MR) is 505 cm³/mol. The first-order valence-corrected chi connectivity index (χ1v) is 190. The second-order valence-corrected chi connectivity index (χ2v) is 659. The van der Waals surface area contributed by atoms with Crippen LogP contribution in [0.3, 0.4) is 0 Å². The number of carboxylic acids is 2. The van der Waals surface area contributed by atoms with Crippen LogP contribution in [0.25, 0.3) is 0 Å². The molecule has 0 aromatic carbocycles. The Balaban J connectivity index is 0.000000477. The minimum absolute atomic E-state index is 0.0743. The number of aliphatic hydroxyl groups is 1. The van der Waals surface area contributed by atoms with E-state index in [2.05, 4.69) is 289 Å². The number of halogens is 30. The van der Waals surface area contributed by atoms with Crippen LogP contribution in [-0.2, 0) is 9.47 Å². The topological polar surface area (TPSA) is 148 Å². The van der Waals surface area contributed by atoms with Gasteiger partial charge in [0, 0.05) is 50.6 Å². The summed E-state index contributed by atoms with van der Waals surface area (Å²) in [7, 11) is -5.76. The molecular formula is C22H27FI29N2O8-. The molecule has 2 aromatic heterocycles. The van der Waals surface area contributed by atoms with Gasteiger partial charge in [0.15, 0.2) is 0 Å². The summed E-state index contributed by atoms with van der Waals surface area (Å²) in [5.41, 5.74) is 0.101. The van der Waals surface area contributed by atoms with Crippen molar-refractivity contribution in [1.82, 2.24) is 9.97 Å². The number of carbonyl (C=O) groups is 2. The van der Waals surface area contributed by atoms with Gasteiger partial charge in [0.05, 0.1) is 30.4 Å². The van der Waals surface area contributed by atoms with Gasteiger partial charge >= 0.3 is 407 Å². The SMILES string of the molecule is I[I-]I(I)I(I)I(I)I(I)I(I)I(I)I(I)I(I)I(I)I(I)I(I)I(I)I(I)I.O=C(O)c1ccnc(F)c1.O=C(O)c1ccnc(OC2CCOCC2)c1.OC1CCOCC1. The smallest absolute Gasteiger partial charge is 0.335 e. The van der Waals surface area contributed by atoms with Gasteiger partial charge in [-0.3, -0.25) is 0 Å². The van der Waals surface area contributed by atoms with Crippen LogP contribution < -0.4 is 18.0 Å². The standard InChI is InChI=1S/C11H13NO4.C6H4FNO2.C5H10O2.I29/c13-11(14)8-1-4-12-10(7-8)16-9-2-5-15-6-3-9;7-5-3-4(6(9)10)1-2-8-5;6-5-1-3-7-4-2-5;1-16-18(4)20(6)22(8)24(10)26(12)28(14)29(15)27(13)25(11)23(9)21(7)19(5)17(2)3/h1,4,7,9H,2-3,5-6H2,(H,13,14);1-3H,(H,9,10);5-6H,1-4H2;/q;;;-1. The summed E-state index contributed by atoms with van der Waals surface area (Å²) in [6, 6.07) is 4.98. The fraction of sp³-hybridized carbons (Fsp3) is 0.455. The predicted octanol–water partition coefficient (Wildman–Crippen LogP) is 24.2. The Bertz CT molecular complexity index is 1580. The molecule has 2 aliphatic rings. The fourth-order valence-electron chi connectivity index (χ4n) is 3.15. The number of aliphatic hydroxyl groups excluding tert-OH is 1. The number of ether oxygens (including phenoxy) is 3. The first kappa shape index (κ1) is 78.0. The molecule has 0 spiro atoms. The van der Waals surface area contributed by atoms with Gasteiger partial charge in [-0.2, -0.15) is 4.39 Å². The summed E-state index contributed by atoms with van der Waals surface area (Å²) in [5.74, 6) is -2.53. The van der Waals surface area contributed by atoms with E-state index in [4.69, 9.17) is 29.5 Å². The van der Waals surface area contributed by atoms with Crippen LogP contribution in [0.5, 0.6) is 5.88 Å². The zero-order valence-electron chi connectivity index (χ0n) is 28.9. The summed E-state index contributed by atoms with van der Waals surface area (Å²) in [4.78, 5) is 28.1. The summed E-state index contributed by atoms with van der Waals surface area (Å²) in [6.45, 7) is 2.84. The number of pyridine rings is 2. The van der Waals surface area contributed by atoms with Crippen molar-refractivity contribution in [2.75, 3.05) is 26.4 Å². The molecule has 62 heavy (non-hydrogen) atoms. The summed E-state index contributed by atoms with van der Waals surface area (Å²) >= 11 is 47.8. The molecule has 0 saturated carbocycles. The maximum absolute atomic E-state index is 12.2. The van der Waals surface area contributed by atoms with Crippen molar-refractivity contribution in [1.29, 1.82) is 0 Å². The van der Waals surface area contributed by atoms with Gasteiger partial charge < -0.3 is 29.5 Å². The monoisotopic (exact) mass is 4150 g/mol. The normalized spacial score (nSPS) is 17.3. The zero-order chi connectivity index (χ0) is 47.3. The van der Waals surface area contributed by atoms with Crippen LogP contribution in [0.1, 0.15) is 46.4 Å². The van der Waals surface area contributed by atoms with Crippen LogP contribution in [0.15, 0.2) is 36.7 Å². The molecule has 0 atom stereocenters. The molecule has 0 aliphatic carbocycles. The van der Waals surface area contributed by atoms with E-state index in [1.165, 1.54) is 24.4 Å². The first-order chi connectivity index (χ1) is 29.0. The van der Waals surface area contributed by atoms with Gasteiger partial charge in [-0.05, 0) is 25.0 Å². The van der Waals surface area contributed by atoms with Crippen molar-refractivity contribution in [3.63, 3.8) is 0 Å². The average Bonchev–Trinajstić information content (AvgIpc) is 3.27. The molecule has 2 aromatic rings. The third-order valence-electron chi connectivity index (χ3n) is 5.62. The third-order valence-corrected chi connectivity index (χ3v) is 2070. The molecule has 2 fully saturated rings. The quantitative estimate of drug-likeness (QED) is 0.103. The molecule has 2 saturated heterocycles. The molecule has 4 heterocycles. The molecule has 0 unspecified atom stereocenters. The van der Waals surface area contributed by atoms with E-state index < -0.39 is 113 Å². The van der Waals surface area contributed by atoms with E-state index in [-0.39, 0.29) is 31.2 Å². The Labute approximate surface area is 560 Å².